The predicted octanol–water partition coefficient (Wildman–Crippen LogP) is 0.963. The van der Waals surface area contributed by atoms with E-state index < -0.39 is 23.2 Å². The van der Waals surface area contributed by atoms with Crippen LogP contribution in [-0.4, -0.2) is 0 Å². The molecule has 2 aromatic carbocycles. The third-order valence-corrected chi connectivity index (χ3v) is 10.5. The van der Waals surface area contributed by atoms with Crippen molar-refractivity contribution in [1.82, 2.24) is 0 Å². The van der Waals surface area contributed by atoms with Gasteiger partial charge in [0.05, 0.1) is 0 Å². The van der Waals surface area contributed by atoms with E-state index in [4.69, 9.17) is 0 Å². The Kier molecular flexibility index (Phi) is 6.33. The van der Waals surface area contributed by atoms with Crippen LogP contribution in [0.1, 0.15) is 45.2 Å². The second-order valence-electron chi connectivity index (χ2n) is 8.31. The fourth-order valence-electron chi connectivity index (χ4n) is 5.37. The van der Waals surface area contributed by atoms with Gasteiger partial charge in [0, 0.05) is 0 Å². The summed E-state index contributed by atoms with van der Waals surface area (Å²) >= 11 is -1.01. The molecule has 2 atom stereocenters. The van der Waals surface area contributed by atoms with E-state index in [1.807, 2.05) is 0 Å². The smallest absolute Gasteiger partial charge is 1.00 e. The Labute approximate surface area is 208 Å². The summed E-state index contributed by atoms with van der Waals surface area (Å²) in [4.78, 5) is 0. The monoisotopic (exact) mass is 518 g/mol. The zero-order valence-electron chi connectivity index (χ0n) is 17.5. The first-order valence-electron chi connectivity index (χ1n) is 10.4. The SMILES string of the molecule is Cc1cccc2c1[C]([Zr+2][C]1=C3C=CC=CC3c3cccc(C)c31)=C1C=CC=CC12.[Cl-].[Cl-]. The second kappa shape index (κ2) is 8.70. The third kappa shape index (κ3) is 3.37. The summed E-state index contributed by atoms with van der Waals surface area (Å²) < 4.78 is 3.38. The molecule has 0 aliphatic heterocycles. The average Bonchev–Trinajstić information content (AvgIpc) is 3.24. The first kappa shape index (κ1) is 22.5. The van der Waals surface area contributed by atoms with Crippen LogP contribution in [0.3, 0.4) is 0 Å². The number of benzene rings is 2. The molecule has 4 aliphatic rings. The van der Waals surface area contributed by atoms with Crippen molar-refractivity contribution in [3.63, 3.8) is 0 Å². The van der Waals surface area contributed by atoms with Crippen LogP contribution in [0.15, 0.2) is 96.2 Å². The van der Waals surface area contributed by atoms with Gasteiger partial charge in [0.15, 0.2) is 0 Å². The van der Waals surface area contributed by atoms with Gasteiger partial charge >= 0.3 is 185 Å². The van der Waals surface area contributed by atoms with E-state index >= 15 is 0 Å². The van der Waals surface area contributed by atoms with Gasteiger partial charge < -0.3 is 24.8 Å². The van der Waals surface area contributed by atoms with E-state index in [0.717, 1.165) is 0 Å². The van der Waals surface area contributed by atoms with Crippen LogP contribution in [0, 0.1) is 13.8 Å². The molecule has 2 unspecified atom stereocenters. The summed E-state index contributed by atoms with van der Waals surface area (Å²) in [5.74, 6) is 0.901. The Morgan fingerprint density at radius 1 is 0.613 bits per heavy atom. The first-order chi connectivity index (χ1) is 14.2. The molecule has 0 spiro atoms. The van der Waals surface area contributed by atoms with Crippen molar-refractivity contribution in [2.45, 2.75) is 25.7 Å². The van der Waals surface area contributed by atoms with Gasteiger partial charge in [0.2, 0.25) is 0 Å². The summed E-state index contributed by atoms with van der Waals surface area (Å²) in [6.07, 6.45) is 18.4. The number of hydrogen-bond donors (Lipinski definition) is 0. The van der Waals surface area contributed by atoms with Gasteiger partial charge in [-0.15, -0.1) is 0 Å². The van der Waals surface area contributed by atoms with E-state index in [9.17, 15) is 0 Å². The minimum Gasteiger partial charge on any atom is -1.00 e. The van der Waals surface area contributed by atoms with E-state index in [0.29, 0.717) is 11.8 Å². The molecule has 0 saturated carbocycles. The number of hydrogen-bond acceptors (Lipinski definition) is 0. The molecule has 152 valence electrons. The van der Waals surface area contributed by atoms with Crippen LogP contribution >= 0.6 is 0 Å². The second-order valence-corrected chi connectivity index (χ2v) is 11.4. The van der Waals surface area contributed by atoms with E-state index in [-0.39, 0.29) is 24.8 Å². The Morgan fingerprint density at radius 3 is 1.52 bits per heavy atom. The molecule has 0 aromatic heterocycles. The van der Waals surface area contributed by atoms with Gasteiger partial charge in [-0.1, -0.05) is 0 Å². The summed E-state index contributed by atoms with van der Waals surface area (Å²) in [7, 11) is 0. The third-order valence-electron chi connectivity index (χ3n) is 6.66. The number of aryl methyl sites for hydroxylation is 2. The summed E-state index contributed by atoms with van der Waals surface area (Å²) in [6.45, 7) is 4.59. The van der Waals surface area contributed by atoms with Gasteiger partial charge in [0.1, 0.15) is 0 Å². The Bertz CT molecular complexity index is 1160. The van der Waals surface area contributed by atoms with Crippen LogP contribution < -0.4 is 24.8 Å². The molecule has 2 aromatic rings. The van der Waals surface area contributed by atoms with Crippen LogP contribution in [0.4, 0.5) is 0 Å². The molecule has 4 aliphatic carbocycles. The fourth-order valence-corrected chi connectivity index (χ4v) is 10.2. The molecule has 6 rings (SSSR count). The Hall–Kier alpha value is -1.66. The van der Waals surface area contributed by atoms with Gasteiger partial charge in [-0.3, -0.25) is 0 Å². The summed E-state index contributed by atoms with van der Waals surface area (Å²) in [6, 6.07) is 13.7. The van der Waals surface area contributed by atoms with Crippen molar-refractivity contribution in [2.75, 3.05) is 0 Å². The Balaban J connectivity index is 0.00000116. The number of rotatable bonds is 2. The minimum atomic E-state index is -1.01. The maximum absolute atomic E-state index is 2.39. The molecule has 0 N–H and O–H groups in total. The van der Waals surface area contributed by atoms with Crippen molar-refractivity contribution < 1.29 is 48.0 Å². The first-order valence-corrected chi connectivity index (χ1v) is 12.8. The van der Waals surface area contributed by atoms with Gasteiger partial charge in [-0.25, -0.2) is 0 Å². The van der Waals surface area contributed by atoms with Crippen molar-refractivity contribution in [2.24, 2.45) is 0 Å². The quantitative estimate of drug-likeness (QED) is 0.554. The van der Waals surface area contributed by atoms with Crippen molar-refractivity contribution >= 4 is 6.56 Å². The minimum absolute atomic E-state index is 0. The standard InChI is InChI=1S/2C14H11.2ClH.Zr/c2*1-10-5-4-8-13-12-7-3-2-6-11(12)9-14(10)13;;;/h2*2-8,12H,1H3;2*1H;/q;;;;+2/p-2. The molecule has 0 heterocycles. The number of halogens is 2. The van der Waals surface area contributed by atoms with E-state index in [1.54, 1.807) is 28.8 Å². The summed E-state index contributed by atoms with van der Waals surface area (Å²) in [5, 5.41) is 0. The average molecular weight is 521 g/mol. The Morgan fingerprint density at radius 2 is 1.06 bits per heavy atom. The van der Waals surface area contributed by atoms with Gasteiger partial charge in [0.25, 0.3) is 0 Å². The topological polar surface area (TPSA) is 0 Å². The molecule has 31 heavy (non-hydrogen) atoms. The fraction of sp³-hybridized carbons (Fsp3) is 0.143. The number of allylic oxidation sites excluding steroid dienone is 10. The van der Waals surface area contributed by atoms with Crippen molar-refractivity contribution in [1.29, 1.82) is 0 Å². The van der Waals surface area contributed by atoms with Crippen LogP contribution in [0.25, 0.3) is 6.56 Å². The van der Waals surface area contributed by atoms with Gasteiger partial charge in [-0.2, -0.15) is 0 Å². The maximum atomic E-state index is 2.39. The zero-order chi connectivity index (χ0) is 19.5. The molecular weight excluding hydrogens is 498 g/mol. The maximum Gasteiger partial charge on any atom is -1.00 e. The van der Waals surface area contributed by atoms with Gasteiger partial charge in [-0.05, 0) is 0 Å². The van der Waals surface area contributed by atoms with Crippen LogP contribution in [0.5, 0.6) is 0 Å². The largest absolute Gasteiger partial charge is 1.00 e. The predicted molar refractivity (Wildman–Crippen MR) is 118 cm³/mol. The molecule has 0 nitrogen and oxygen atoms in total. The molecule has 0 bridgehead atoms. The zero-order valence-corrected chi connectivity index (χ0v) is 21.5. The molecule has 0 radical (unpaired) electrons. The molecular formula is C28H22Cl2Zr. The molecule has 3 heteroatoms. The van der Waals surface area contributed by atoms with E-state index in [2.05, 4.69) is 98.9 Å². The van der Waals surface area contributed by atoms with Crippen molar-refractivity contribution in [3.05, 3.63) is 130 Å². The molecule has 0 amide bonds. The van der Waals surface area contributed by atoms with Crippen LogP contribution in [0.2, 0.25) is 0 Å². The normalized spacial score (nSPS) is 21.1. The summed E-state index contributed by atoms with van der Waals surface area (Å²) in [5.41, 5.74) is 12.1. The van der Waals surface area contributed by atoms with E-state index in [1.165, 1.54) is 22.3 Å². The van der Waals surface area contributed by atoms with Crippen LogP contribution in [-0.2, 0) is 23.2 Å². The molecule has 0 saturated heterocycles. The van der Waals surface area contributed by atoms with Crippen molar-refractivity contribution in [3.8, 4) is 0 Å². The molecule has 0 fully saturated rings. The number of fused-ring (bicyclic) bond motifs is 6.